The van der Waals surface area contributed by atoms with Crippen LogP contribution in [0.4, 0.5) is 4.39 Å². The van der Waals surface area contributed by atoms with E-state index in [0.29, 0.717) is 12.5 Å². The van der Waals surface area contributed by atoms with E-state index in [1.807, 2.05) is 12.3 Å². The molecule has 0 spiro atoms. The van der Waals surface area contributed by atoms with Gasteiger partial charge in [0.15, 0.2) is 0 Å². The Hall–Kier alpha value is -0.823. The number of rotatable bonds is 4. The average molecular weight is 297 g/mol. The Kier molecular flexibility index (Phi) is 5.71. The zero-order valence-electron chi connectivity index (χ0n) is 14.9. The van der Waals surface area contributed by atoms with Crippen molar-refractivity contribution in [2.75, 3.05) is 19.6 Å². The maximum absolute atomic E-state index is 13.7. The predicted octanol–water partition coefficient (Wildman–Crippen LogP) is 0.613. The van der Waals surface area contributed by atoms with Gasteiger partial charge in [-0.15, -0.1) is 0 Å². The molecular formula is C17H25FLiN3. The van der Waals surface area contributed by atoms with Gasteiger partial charge in [-0.25, -0.2) is 9.37 Å². The number of aromatic nitrogens is 2. The van der Waals surface area contributed by atoms with Crippen LogP contribution < -0.4 is 18.9 Å². The van der Waals surface area contributed by atoms with Crippen molar-refractivity contribution >= 4 is 11.0 Å². The largest absolute Gasteiger partial charge is 1.00 e. The summed E-state index contributed by atoms with van der Waals surface area (Å²) in [5.41, 5.74) is -0.0160. The summed E-state index contributed by atoms with van der Waals surface area (Å²) in [4.78, 5) is 6.73. The molecule has 5 heteroatoms. The summed E-state index contributed by atoms with van der Waals surface area (Å²) in [6, 6.07) is 6.21. The molecule has 1 saturated heterocycles. The van der Waals surface area contributed by atoms with E-state index in [1.165, 1.54) is 5.39 Å². The Morgan fingerprint density at radius 2 is 2.05 bits per heavy atom. The van der Waals surface area contributed by atoms with E-state index in [4.69, 9.17) is 0 Å². The summed E-state index contributed by atoms with van der Waals surface area (Å²) in [6.45, 7) is 6.91. The topological polar surface area (TPSA) is 21.1 Å². The van der Waals surface area contributed by atoms with Crippen LogP contribution in [0.2, 0.25) is 0 Å². The van der Waals surface area contributed by atoms with Gasteiger partial charge in [0.2, 0.25) is 0 Å². The van der Waals surface area contributed by atoms with Crippen LogP contribution in [0.3, 0.4) is 0 Å². The third kappa shape index (κ3) is 4.35. The standard InChI is InChI=1S/C17H24FN3.Li.H/c1-17(2,18)13-20-9-5-14(6-10-20)12-21-11-7-15-4-3-8-19-16(15)21;;/h3-4,7-8,11,14H,5-6,9-10,12-13H2,1-2H3;;/q;+1;-1. The third-order valence-electron chi connectivity index (χ3n) is 4.28. The van der Waals surface area contributed by atoms with E-state index in [2.05, 4.69) is 32.8 Å². The molecule has 0 aromatic carbocycles. The summed E-state index contributed by atoms with van der Waals surface area (Å²) < 4.78 is 16.0. The molecule has 1 fully saturated rings. The smallest absolute Gasteiger partial charge is 1.00 e. The normalized spacial score (nSPS) is 17.6. The van der Waals surface area contributed by atoms with Crippen LogP contribution in [0, 0.1) is 5.92 Å². The molecule has 0 bridgehead atoms. The molecule has 1 aliphatic rings. The number of halogens is 1. The predicted molar refractivity (Wildman–Crippen MR) is 85.2 cm³/mol. The number of fused-ring (bicyclic) bond motifs is 1. The fourth-order valence-electron chi connectivity index (χ4n) is 3.30. The zero-order chi connectivity index (χ0) is 14.9. The summed E-state index contributed by atoms with van der Waals surface area (Å²) in [6.07, 6.45) is 6.27. The number of nitrogens with zero attached hydrogens (tertiary/aromatic N) is 3. The molecule has 0 N–H and O–H groups in total. The molecule has 3 nitrogen and oxygen atoms in total. The molecule has 116 valence electrons. The van der Waals surface area contributed by atoms with Crippen LogP contribution in [0.25, 0.3) is 11.0 Å². The van der Waals surface area contributed by atoms with Crippen LogP contribution in [0.1, 0.15) is 28.1 Å². The van der Waals surface area contributed by atoms with E-state index in [1.54, 1.807) is 13.8 Å². The van der Waals surface area contributed by atoms with Gasteiger partial charge in [0.1, 0.15) is 11.3 Å². The van der Waals surface area contributed by atoms with Crippen molar-refractivity contribution in [2.45, 2.75) is 38.9 Å². The monoisotopic (exact) mass is 297 g/mol. The first-order valence-electron chi connectivity index (χ1n) is 7.82. The van der Waals surface area contributed by atoms with Gasteiger partial charge in [0.25, 0.3) is 0 Å². The minimum atomic E-state index is -1.09. The second kappa shape index (κ2) is 7.17. The molecule has 0 radical (unpaired) electrons. The summed E-state index contributed by atoms with van der Waals surface area (Å²) in [5.74, 6) is 0.668. The first-order valence-corrected chi connectivity index (χ1v) is 7.82. The average Bonchev–Trinajstić information content (AvgIpc) is 2.83. The summed E-state index contributed by atoms with van der Waals surface area (Å²) in [7, 11) is 0. The number of piperidine rings is 1. The molecule has 1 aliphatic heterocycles. The van der Waals surface area contributed by atoms with Gasteiger partial charge in [-0.3, -0.25) is 0 Å². The molecule has 2 aromatic heterocycles. The Morgan fingerprint density at radius 1 is 1.32 bits per heavy atom. The quantitative estimate of drug-likeness (QED) is 0.771. The molecular weight excluding hydrogens is 272 g/mol. The second-order valence-corrected chi connectivity index (χ2v) is 6.82. The van der Waals surface area contributed by atoms with Gasteiger partial charge >= 0.3 is 18.9 Å². The van der Waals surface area contributed by atoms with Crippen molar-refractivity contribution in [3.63, 3.8) is 0 Å². The van der Waals surface area contributed by atoms with E-state index in [9.17, 15) is 4.39 Å². The number of hydrogen-bond acceptors (Lipinski definition) is 2. The molecule has 2 aromatic rings. The van der Waals surface area contributed by atoms with Crippen LogP contribution >= 0.6 is 0 Å². The van der Waals surface area contributed by atoms with Crippen molar-refractivity contribution < 1.29 is 24.7 Å². The minimum absolute atomic E-state index is 0. The molecule has 0 aliphatic carbocycles. The van der Waals surface area contributed by atoms with Crippen molar-refractivity contribution in [1.82, 2.24) is 14.5 Å². The number of hydrogen-bond donors (Lipinski definition) is 0. The molecule has 0 saturated carbocycles. The van der Waals surface area contributed by atoms with Crippen molar-refractivity contribution in [3.8, 4) is 0 Å². The number of alkyl halides is 1. The second-order valence-electron chi connectivity index (χ2n) is 6.82. The van der Waals surface area contributed by atoms with Gasteiger partial charge < -0.3 is 10.9 Å². The van der Waals surface area contributed by atoms with E-state index in [0.717, 1.165) is 38.1 Å². The van der Waals surface area contributed by atoms with Gasteiger partial charge in [-0.1, -0.05) is 0 Å². The molecule has 3 rings (SSSR count). The van der Waals surface area contributed by atoms with E-state index in [-0.39, 0.29) is 20.3 Å². The molecule has 3 heterocycles. The Morgan fingerprint density at radius 3 is 2.73 bits per heavy atom. The van der Waals surface area contributed by atoms with Crippen molar-refractivity contribution in [2.24, 2.45) is 5.92 Å². The maximum Gasteiger partial charge on any atom is 1.00 e. The van der Waals surface area contributed by atoms with Gasteiger partial charge in [0.05, 0.1) is 0 Å². The van der Waals surface area contributed by atoms with Crippen LogP contribution in [-0.2, 0) is 6.54 Å². The molecule has 0 unspecified atom stereocenters. The van der Waals surface area contributed by atoms with Crippen LogP contribution in [-0.4, -0.2) is 39.8 Å². The minimum Gasteiger partial charge on any atom is -1.00 e. The molecule has 0 atom stereocenters. The fourth-order valence-corrected chi connectivity index (χ4v) is 3.30. The van der Waals surface area contributed by atoms with Gasteiger partial charge in [-0.05, 0) is 63.9 Å². The number of likely N-dealkylation sites (tertiary alicyclic amines) is 1. The van der Waals surface area contributed by atoms with Gasteiger partial charge in [0, 0.05) is 30.9 Å². The first kappa shape index (κ1) is 17.5. The van der Waals surface area contributed by atoms with Crippen molar-refractivity contribution in [3.05, 3.63) is 30.6 Å². The fraction of sp³-hybridized carbons (Fsp3) is 0.588. The summed E-state index contributed by atoms with van der Waals surface area (Å²) in [5, 5.41) is 1.20. The Labute approximate surface area is 145 Å². The SMILES string of the molecule is CC(C)(F)CN1CCC(Cn2ccc3cccnc32)CC1.[H-].[Li+]. The molecule has 0 amide bonds. The van der Waals surface area contributed by atoms with Crippen LogP contribution in [0.15, 0.2) is 30.6 Å². The van der Waals surface area contributed by atoms with Crippen LogP contribution in [0.5, 0.6) is 0 Å². The van der Waals surface area contributed by atoms with Gasteiger partial charge in [-0.2, -0.15) is 0 Å². The third-order valence-corrected chi connectivity index (χ3v) is 4.28. The first-order chi connectivity index (χ1) is 10.0. The zero-order valence-corrected chi connectivity index (χ0v) is 13.9. The Balaban J connectivity index is 0.00000132. The number of pyridine rings is 1. The van der Waals surface area contributed by atoms with E-state index >= 15 is 0 Å². The Bertz CT molecular complexity index is 603. The van der Waals surface area contributed by atoms with Crippen molar-refractivity contribution in [1.29, 1.82) is 0 Å². The molecule has 22 heavy (non-hydrogen) atoms. The summed E-state index contributed by atoms with van der Waals surface area (Å²) >= 11 is 0. The maximum atomic E-state index is 13.7. The van der Waals surface area contributed by atoms with E-state index < -0.39 is 5.67 Å².